The minimum Gasteiger partial charge on any atom is -0.485 e. The van der Waals surface area contributed by atoms with E-state index in [2.05, 4.69) is 22.4 Å². The fourth-order valence-corrected chi connectivity index (χ4v) is 2.34. The van der Waals surface area contributed by atoms with Gasteiger partial charge in [0.05, 0.1) is 5.92 Å². The Morgan fingerprint density at radius 3 is 2.95 bits per heavy atom. The molecule has 0 bridgehead atoms. The molecule has 1 aromatic heterocycles. The van der Waals surface area contributed by atoms with E-state index in [0.29, 0.717) is 30.3 Å². The summed E-state index contributed by atoms with van der Waals surface area (Å²) in [5.74, 6) is 2.44. The third-order valence-electron chi connectivity index (χ3n) is 3.44. The SMILES string of the molecule is CC1NCCC1c1nc(COc2ccccc2)no1. The predicted molar refractivity (Wildman–Crippen MR) is 69.9 cm³/mol. The standard InChI is InChI=1S/C14H17N3O2/c1-10-12(7-8-15-10)14-16-13(17-19-14)9-18-11-5-3-2-4-6-11/h2-6,10,12,15H,7-9H2,1H3. The van der Waals surface area contributed by atoms with Crippen LogP contribution in [-0.4, -0.2) is 22.7 Å². The normalized spacial score (nSPS) is 22.6. The number of rotatable bonds is 4. The molecule has 5 heteroatoms. The molecule has 1 saturated heterocycles. The molecule has 1 fully saturated rings. The lowest BCUT2D eigenvalue weighted by Crippen LogP contribution is -2.21. The van der Waals surface area contributed by atoms with Crippen molar-refractivity contribution in [1.29, 1.82) is 0 Å². The molecule has 0 radical (unpaired) electrons. The first-order valence-electron chi connectivity index (χ1n) is 6.56. The number of para-hydroxylation sites is 1. The van der Waals surface area contributed by atoms with Crippen molar-refractivity contribution in [3.63, 3.8) is 0 Å². The van der Waals surface area contributed by atoms with Crippen LogP contribution in [-0.2, 0) is 6.61 Å². The molecule has 19 heavy (non-hydrogen) atoms. The summed E-state index contributed by atoms with van der Waals surface area (Å²) in [6.45, 7) is 3.48. The zero-order valence-electron chi connectivity index (χ0n) is 10.9. The van der Waals surface area contributed by atoms with Gasteiger partial charge in [-0.2, -0.15) is 4.98 Å². The quantitative estimate of drug-likeness (QED) is 0.911. The number of aromatic nitrogens is 2. The van der Waals surface area contributed by atoms with E-state index in [9.17, 15) is 0 Å². The Kier molecular flexibility index (Phi) is 3.46. The minimum absolute atomic E-state index is 0.318. The molecule has 3 rings (SSSR count). The highest BCUT2D eigenvalue weighted by molar-refractivity contribution is 5.21. The van der Waals surface area contributed by atoms with E-state index in [0.717, 1.165) is 18.7 Å². The van der Waals surface area contributed by atoms with E-state index in [4.69, 9.17) is 9.26 Å². The van der Waals surface area contributed by atoms with E-state index in [1.54, 1.807) is 0 Å². The van der Waals surface area contributed by atoms with Crippen LogP contribution in [0.3, 0.4) is 0 Å². The topological polar surface area (TPSA) is 60.2 Å². The molecule has 1 aromatic carbocycles. The number of nitrogens with one attached hydrogen (secondary N) is 1. The average molecular weight is 259 g/mol. The van der Waals surface area contributed by atoms with Crippen LogP contribution in [0.5, 0.6) is 5.75 Å². The third-order valence-corrected chi connectivity index (χ3v) is 3.44. The molecule has 1 N–H and O–H groups in total. The van der Waals surface area contributed by atoms with Crippen molar-refractivity contribution < 1.29 is 9.26 Å². The molecule has 0 saturated carbocycles. The molecule has 2 heterocycles. The number of benzene rings is 1. The van der Waals surface area contributed by atoms with Gasteiger partial charge in [0.15, 0.2) is 6.61 Å². The Labute approximate surface area is 112 Å². The van der Waals surface area contributed by atoms with Gasteiger partial charge in [0.2, 0.25) is 11.7 Å². The van der Waals surface area contributed by atoms with Gasteiger partial charge in [-0.15, -0.1) is 0 Å². The third kappa shape index (κ3) is 2.76. The largest absolute Gasteiger partial charge is 0.485 e. The van der Waals surface area contributed by atoms with Gasteiger partial charge in [-0.3, -0.25) is 0 Å². The Morgan fingerprint density at radius 2 is 2.21 bits per heavy atom. The fourth-order valence-electron chi connectivity index (χ4n) is 2.34. The highest BCUT2D eigenvalue weighted by Crippen LogP contribution is 2.26. The van der Waals surface area contributed by atoms with Gasteiger partial charge in [-0.05, 0) is 32.0 Å². The molecular formula is C14H17N3O2. The number of ether oxygens (including phenoxy) is 1. The van der Waals surface area contributed by atoms with E-state index < -0.39 is 0 Å². The van der Waals surface area contributed by atoms with Crippen molar-refractivity contribution in [3.8, 4) is 5.75 Å². The molecule has 2 unspecified atom stereocenters. The van der Waals surface area contributed by atoms with Crippen molar-refractivity contribution in [1.82, 2.24) is 15.5 Å². The van der Waals surface area contributed by atoms with Gasteiger partial charge in [0, 0.05) is 6.04 Å². The first-order valence-corrected chi connectivity index (χ1v) is 6.56. The summed E-state index contributed by atoms with van der Waals surface area (Å²) in [5.41, 5.74) is 0. The van der Waals surface area contributed by atoms with Crippen LogP contribution >= 0.6 is 0 Å². The van der Waals surface area contributed by atoms with Crippen LogP contribution < -0.4 is 10.1 Å². The van der Waals surface area contributed by atoms with Crippen molar-refractivity contribution in [2.45, 2.75) is 31.9 Å². The maximum absolute atomic E-state index is 5.59. The lowest BCUT2D eigenvalue weighted by atomic mass is 10.0. The summed E-state index contributed by atoms with van der Waals surface area (Å²) < 4.78 is 10.9. The molecule has 0 amide bonds. The lowest BCUT2D eigenvalue weighted by Gasteiger charge is -2.08. The summed E-state index contributed by atoms with van der Waals surface area (Å²) in [5, 5.41) is 7.35. The van der Waals surface area contributed by atoms with Crippen LogP contribution in [0.1, 0.15) is 31.0 Å². The number of hydrogen-bond acceptors (Lipinski definition) is 5. The molecule has 2 atom stereocenters. The van der Waals surface area contributed by atoms with Crippen molar-refractivity contribution >= 4 is 0 Å². The van der Waals surface area contributed by atoms with Crippen LogP contribution in [0.15, 0.2) is 34.9 Å². The van der Waals surface area contributed by atoms with Crippen molar-refractivity contribution in [2.75, 3.05) is 6.54 Å². The maximum atomic E-state index is 5.59. The molecular weight excluding hydrogens is 242 g/mol. The fraction of sp³-hybridized carbons (Fsp3) is 0.429. The second-order valence-electron chi connectivity index (χ2n) is 4.79. The van der Waals surface area contributed by atoms with Gasteiger partial charge >= 0.3 is 0 Å². The Bertz CT molecular complexity index is 526. The van der Waals surface area contributed by atoms with Crippen molar-refractivity contribution in [2.24, 2.45) is 0 Å². The van der Waals surface area contributed by atoms with Crippen LogP contribution in [0.4, 0.5) is 0 Å². The second-order valence-corrected chi connectivity index (χ2v) is 4.79. The smallest absolute Gasteiger partial charge is 0.231 e. The van der Waals surface area contributed by atoms with E-state index in [1.807, 2.05) is 30.3 Å². The van der Waals surface area contributed by atoms with Crippen molar-refractivity contribution in [3.05, 3.63) is 42.0 Å². The second kappa shape index (κ2) is 5.40. The zero-order chi connectivity index (χ0) is 13.1. The summed E-state index contributed by atoms with van der Waals surface area (Å²) in [6, 6.07) is 10.0. The average Bonchev–Trinajstić information content (AvgIpc) is 3.06. The molecule has 5 nitrogen and oxygen atoms in total. The molecule has 1 aliphatic rings. The highest BCUT2D eigenvalue weighted by atomic mass is 16.5. The first-order chi connectivity index (χ1) is 9.33. The van der Waals surface area contributed by atoms with Gasteiger partial charge in [-0.25, -0.2) is 0 Å². The predicted octanol–water partition coefficient (Wildman–Crippen LogP) is 2.11. The number of nitrogens with zero attached hydrogens (tertiary/aromatic N) is 2. The van der Waals surface area contributed by atoms with Crippen LogP contribution in [0.2, 0.25) is 0 Å². The van der Waals surface area contributed by atoms with Gasteiger partial charge in [-0.1, -0.05) is 23.4 Å². The summed E-state index contributed by atoms with van der Waals surface area (Å²) in [4.78, 5) is 4.41. The summed E-state index contributed by atoms with van der Waals surface area (Å²) in [7, 11) is 0. The maximum Gasteiger partial charge on any atom is 0.231 e. The van der Waals surface area contributed by atoms with Crippen LogP contribution in [0.25, 0.3) is 0 Å². The molecule has 0 spiro atoms. The Hall–Kier alpha value is -1.88. The van der Waals surface area contributed by atoms with Gasteiger partial charge < -0.3 is 14.6 Å². The first kappa shape index (κ1) is 12.2. The molecule has 0 aliphatic carbocycles. The lowest BCUT2D eigenvalue weighted by molar-refractivity contribution is 0.283. The molecule has 100 valence electrons. The highest BCUT2D eigenvalue weighted by Gasteiger charge is 2.29. The van der Waals surface area contributed by atoms with E-state index in [-0.39, 0.29) is 0 Å². The monoisotopic (exact) mass is 259 g/mol. The Morgan fingerprint density at radius 1 is 1.37 bits per heavy atom. The molecule has 2 aromatic rings. The van der Waals surface area contributed by atoms with Gasteiger partial charge in [0.1, 0.15) is 5.75 Å². The van der Waals surface area contributed by atoms with E-state index >= 15 is 0 Å². The number of hydrogen-bond donors (Lipinski definition) is 1. The van der Waals surface area contributed by atoms with E-state index in [1.165, 1.54) is 0 Å². The molecule has 1 aliphatic heterocycles. The van der Waals surface area contributed by atoms with Crippen LogP contribution in [0, 0.1) is 0 Å². The van der Waals surface area contributed by atoms with Gasteiger partial charge in [0.25, 0.3) is 0 Å². The summed E-state index contributed by atoms with van der Waals surface area (Å²) >= 11 is 0. The zero-order valence-corrected chi connectivity index (χ0v) is 10.9. The Balaban J connectivity index is 1.62. The summed E-state index contributed by atoms with van der Waals surface area (Å²) in [6.07, 6.45) is 1.04. The minimum atomic E-state index is 0.318.